The summed E-state index contributed by atoms with van der Waals surface area (Å²) in [7, 11) is -7.11. The number of fused-ring (bicyclic) bond motifs is 1. The molecule has 0 aliphatic carbocycles. The van der Waals surface area contributed by atoms with E-state index in [4.69, 9.17) is 9.15 Å². The first kappa shape index (κ1) is 30.2. The Hall–Kier alpha value is -3.79. The summed E-state index contributed by atoms with van der Waals surface area (Å²) in [4.78, 5) is 11.6. The zero-order chi connectivity index (χ0) is 31.2. The van der Waals surface area contributed by atoms with E-state index in [1.54, 1.807) is 68.0 Å². The molecule has 12 nitrogen and oxygen atoms in total. The first-order valence-corrected chi connectivity index (χ1v) is 17.4. The Kier molecular flexibility index (Phi) is 7.98. The van der Waals surface area contributed by atoms with Gasteiger partial charge in [0.25, 0.3) is 0 Å². The topological polar surface area (TPSA) is 156 Å². The number of aryl methyl sites for hydroxylation is 1. The molecule has 0 spiro atoms. The number of sulfonamides is 1. The first-order chi connectivity index (χ1) is 20.9. The van der Waals surface area contributed by atoms with Crippen molar-refractivity contribution in [3.8, 4) is 22.6 Å². The molecule has 0 amide bonds. The molecule has 0 unspecified atom stereocenters. The lowest BCUT2D eigenvalue weighted by molar-refractivity contribution is -0.0718. The maximum absolute atomic E-state index is 12.0. The van der Waals surface area contributed by atoms with Gasteiger partial charge in [0.05, 0.1) is 59.2 Å². The third-order valence-electron chi connectivity index (χ3n) is 7.33. The van der Waals surface area contributed by atoms with E-state index in [1.165, 1.54) is 4.09 Å². The fourth-order valence-electron chi connectivity index (χ4n) is 5.49. The van der Waals surface area contributed by atoms with Crippen LogP contribution in [0.5, 0.6) is 0 Å². The monoisotopic (exact) mass is 638 g/mol. The molecule has 0 saturated carbocycles. The summed E-state index contributed by atoms with van der Waals surface area (Å²) >= 11 is 0. The molecular formula is C30H34N6O6S2. The van der Waals surface area contributed by atoms with Crippen LogP contribution in [0.4, 0.5) is 5.69 Å². The van der Waals surface area contributed by atoms with E-state index in [2.05, 4.69) is 24.7 Å². The van der Waals surface area contributed by atoms with Crippen LogP contribution in [-0.4, -0.2) is 73.1 Å². The van der Waals surface area contributed by atoms with Crippen molar-refractivity contribution in [2.24, 2.45) is 0 Å². The van der Waals surface area contributed by atoms with E-state index in [9.17, 15) is 17.5 Å². The van der Waals surface area contributed by atoms with Gasteiger partial charge in [0.15, 0.2) is 0 Å². The number of hydrogen-bond donors (Lipinski definition) is 3. The van der Waals surface area contributed by atoms with Gasteiger partial charge in [-0.2, -0.15) is 9.19 Å². The lowest BCUT2D eigenvalue weighted by atomic mass is 10.0. The predicted molar refractivity (Wildman–Crippen MR) is 170 cm³/mol. The molecule has 1 fully saturated rings. The van der Waals surface area contributed by atoms with Crippen LogP contribution in [0.15, 0.2) is 76.4 Å². The van der Waals surface area contributed by atoms with Gasteiger partial charge in [-0.1, -0.05) is 29.0 Å². The lowest BCUT2D eigenvalue weighted by Crippen LogP contribution is -2.44. The van der Waals surface area contributed by atoms with Gasteiger partial charge in [0.2, 0.25) is 15.9 Å². The maximum atomic E-state index is 12.0. The molecule has 0 bridgehead atoms. The Labute approximate surface area is 257 Å². The second-order valence-corrected chi connectivity index (χ2v) is 14.7. The molecular weight excluding hydrogens is 605 g/mol. The summed E-state index contributed by atoms with van der Waals surface area (Å²) in [6.45, 7) is 7.91. The molecule has 1 aliphatic heterocycles. The molecule has 0 radical (unpaired) electrons. The average Bonchev–Trinajstić information content (AvgIpc) is 3.60. The zero-order valence-electron chi connectivity index (χ0n) is 24.7. The second kappa shape index (κ2) is 11.6. The highest BCUT2D eigenvalue weighted by molar-refractivity contribution is 8.23. The fraction of sp³-hybridized carbons (Fsp3) is 0.300. The van der Waals surface area contributed by atoms with E-state index in [1.807, 2.05) is 19.9 Å². The molecule has 2 aromatic carbocycles. The third kappa shape index (κ3) is 6.22. The van der Waals surface area contributed by atoms with Crippen LogP contribution in [0.3, 0.4) is 0 Å². The van der Waals surface area contributed by atoms with Crippen LogP contribution in [-0.2, 0) is 21.3 Å². The van der Waals surface area contributed by atoms with Gasteiger partial charge in [0, 0.05) is 35.8 Å². The maximum Gasteiger partial charge on any atom is 0.229 e. The van der Waals surface area contributed by atoms with Gasteiger partial charge >= 0.3 is 0 Å². The van der Waals surface area contributed by atoms with Crippen LogP contribution >= 0.6 is 10.8 Å². The van der Waals surface area contributed by atoms with Crippen LogP contribution in [0.2, 0.25) is 0 Å². The number of rotatable bonds is 8. The number of oxazole rings is 1. The van der Waals surface area contributed by atoms with E-state index in [0.717, 1.165) is 19.3 Å². The molecule has 1 aliphatic rings. The molecule has 4 heterocycles. The number of benzene rings is 2. The average molecular weight is 639 g/mol. The smallest absolute Gasteiger partial charge is 0.229 e. The summed E-state index contributed by atoms with van der Waals surface area (Å²) in [5, 5.41) is 5.01. The van der Waals surface area contributed by atoms with Crippen molar-refractivity contribution in [3.05, 3.63) is 78.6 Å². The Morgan fingerprint density at radius 3 is 2.41 bits per heavy atom. The van der Waals surface area contributed by atoms with Crippen molar-refractivity contribution < 1.29 is 26.7 Å². The highest BCUT2D eigenvalue weighted by Crippen LogP contribution is 2.51. The Balaban J connectivity index is 1.48. The zero-order valence-corrected chi connectivity index (χ0v) is 26.3. The van der Waals surface area contributed by atoms with E-state index in [0.29, 0.717) is 62.1 Å². The Morgan fingerprint density at radius 1 is 0.977 bits per heavy atom. The molecule has 5 aromatic rings. The van der Waals surface area contributed by atoms with Gasteiger partial charge in [0.1, 0.15) is 5.76 Å². The number of morpholine rings is 1. The molecule has 44 heavy (non-hydrogen) atoms. The van der Waals surface area contributed by atoms with Crippen molar-refractivity contribution in [2.45, 2.75) is 44.4 Å². The first-order valence-electron chi connectivity index (χ1n) is 14.0. The second-order valence-electron chi connectivity index (χ2n) is 11.1. The normalized spacial score (nSPS) is 18.5. The van der Waals surface area contributed by atoms with Crippen molar-refractivity contribution in [1.29, 1.82) is 0 Å². The van der Waals surface area contributed by atoms with Crippen molar-refractivity contribution in [1.82, 2.24) is 24.1 Å². The Bertz CT molecular complexity index is 1920. The molecule has 3 aromatic heterocycles. The van der Waals surface area contributed by atoms with E-state index in [-0.39, 0.29) is 12.2 Å². The minimum absolute atomic E-state index is 0.109. The number of pyridine rings is 1. The van der Waals surface area contributed by atoms with Crippen molar-refractivity contribution >= 4 is 37.4 Å². The van der Waals surface area contributed by atoms with Gasteiger partial charge < -0.3 is 9.15 Å². The van der Waals surface area contributed by atoms with Crippen LogP contribution in [0, 0.1) is 6.92 Å². The van der Waals surface area contributed by atoms with E-state index >= 15 is 0 Å². The standard InChI is InChI=1S/C30H34N6O6S2/c1-19-16-35(17-20(2)41-19)18-24-14-32-30(42-24)26-10-22(23-11-28(21(3)31-13-23)34-43(4,37)38)12-29-27(26)15-33-36(29)44(39,40)25-8-6-5-7-9-25/h5-15,19-20,34,39-40H,16-18H2,1-4H3/t19-,20+. The summed E-state index contributed by atoms with van der Waals surface area (Å²) in [6, 6.07) is 13.8. The number of ether oxygens (including phenoxy) is 1. The highest BCUT2D eigenvalue weighted by Gasteiger charge is 2.26. The molecule has 232 valence electrons. The summed E-state index contributed by atoms with van der Waals surface area (Å²) in [5.41, 5.74) is 3.07. The van der Waals surface area contributed by atoms with Gasteiger partial charge in [-0.05, 0) is 56.7 Å². The van der Waals surface area contributed by atoms with Crippen LogP contribution in [0.25, 0.3) is 33.5 Å². The van der Waals surface area contributed by atoms with Gasteiger partial charge in [-0.25, -0.2) is 13.4 Å². The molecule has 1 saturated heterocycles. The molecule has 14 heteroatoms. The Morgan fingerprint density at radius 2 is 1.70 bits per heavy atom. The molecule has 2 atom stereocenters. The number of hydrogen-bond acceptors (Lipinski definition) is 10. The fourth-order valence-corrected chi connectivity index (χ4v) is 7.42. The van der Waals surface area contributed by atoms with Crippen molar-refractivity contribution in [3.63, 3.8) is 0 Å². The lowest BCUT2D eigenvalue weighted by Gasteiger charge is -2.34. The summed E-state index contributed by atoms with van der Waals surface area (Å²) in [6.07, 6.45) is 6.18. The molecule has 3 N–H and O–H groups in total. The van der Waals surface area contributed by atoms with E-state index < -0.39 is 20.8 Å². The third-order valence-corrected chi connectivity index (χ3v) is 9.60. The van der Waals surface area contributed by atoms with Crippen LogP contribution in [0.1, 0.15) is 25.3 Å². The summed E-state index contributed by atoms with van der Waals surface area (Å²) < 4.78 is 62.7. The number of nitrogens with zero attached hydrogens (tertiary/aromatic N) is 5. The minimum atomic E-state index is -3.55. The van der Waals surface area contributed by atoms with Gasteiger partial charge in [-0.3, -0.25) is 23.7 Å². The summed E-state index contributed by atoms with van der Waals surface area (Å²) in [5.74, 6) is 1.02. The number of aromatic nitrogens is 4. The van der Waals surface area contributed by atoms with Crippen LogP contribution < -0.4 is 4.72 Å². The minimum Gasteiger partial charge on any atom is -0.440 e. The quantitative estimate of drug-likeness (QED) is 0.195. The molecule has 6 rings (SSSR count). The van der Waals surface area contributed by atoms with Crippen molar-refractivity contribution in [2.75, 3.05) is 24.1 Å². The van der Waals surface area contributed by atoms with Gasteiger partial charge in [-0.15, -0.1) is 0 Å². The SMILES string of the molecule is Cc1ncc(-c2cc(-c3ncc(CN4C[C@@H](C)O[C@@H](C)C4)o3)c3cnn(S(O)(O)c4ccccc4)c3c2)cc1NS(C)(=O)=O. The highest BCUT2D eigenvalue weighted by atomic mass is 32.3. The number of nitrogens with one attached hydrogen (secondary N) is 1. The predicted octanol–water partition coefficient (Wildman–Crippen LogP) is 5.62. The number of anilines is 1. The largest absolute Gasteiger partial charge is 0.440 e.